The van der Waals surface area contributed by atoms with Crippen LogP contribution in [0.15, 0.2) is 23.7 Å². The quantitative estimate of drug-likeness (QED) is 0.854. The van der Waals surface area contributed by atoms with E-state index in [1.807, 2.05) is 17.5 Å². The fourth-order valence-electron chi connectivity index (χ4n) is 1.79. The number of ether oxygens (including phenoxy) is 1. The highest BCUT2D eigenvalue weighted by Crippen LogP contribution is 2.28. The van der Waals surface area contributed by atoms with Crippen molar-refractivity contribution in [3.05, 3.63) is 28.7 Å². The summed E-state index contributed by atoms with van der Waals surface area (Å²) in [7, 11) is 0. The van der Waals surface area contributed by atoms with Crippen molar-refractivity contribution in [2.24, 2.45) is 5.92 Å². The van der Waals surface area contributed by atoms with Gasteiger partial charge in [0, 0.05) is 11.6 Å². The maximum absolute atomic E-state index is 5.91. The van der Waals surface area contributed by atoms with E-state index in [1.54, 1.807) is 17.5 Å². The molecule has 0 atom stereocenters. The highest BCUT2D eigenvalue weighted by molar-refractivity contribution is 7.09. The van der Waals surface area contributed by atoms with Gasteiger partial charge in [-0.1, -0.05) is 13.8 Å². The van der Waals surface area contributed by atoms with E-state index in [4.69, 9.17) is 10.5 Å². The molecule has 0 saturated heterocycles. The van der Waals surface area contributed by atoms with Gasteiger partial charge in [-0.3, -0.25) is 0 Å². The Kier molecular flexibility index (Phi) is 4.67. The number of nitrogen functional groups attached to an aromatic ring is 1. The van der Waals surface area contributed by atoms with Gasteiger partial charge in [-0.05, 0) is 31.9 Å². The number of rotatable bonds is 6. The Balaban J connectivity index is 2.15. The van der Waals surface area contributed by atoms with Gasteiger partial charge in [-0.2, -0.15) is 4.98 Å². The van der Waals surface area contributed by atoms with Gasteiger partial charge in [0.05, 0.1) is 17.8 Å². The second kappa shape index (κ2) is 6.30. The molecule has 0 aliphatic carbocycles. The van der Waals surface area contributed by atoms with E-state index in [-0.39, 0.29) is 5.54 Å². The molecule has 0 aromatic carbocycles. The van der Waals surface area contributed by atoms with Gasteiger partial charge in [-0.15, -0.1) is 11.3 Å². The van der Waals surface area contributed by atoms with Gasteiger partial charge < -0.3 is 15.8 Å². The molecule has 0 amide bonds. The second-order valence-electron chi connectivity index (χ2n) is 5.88. The minimum absolute atomic E-state index is 0.299. The summed E-state index contributed by atoms with van der Waals surface area (Å²) in [5, 5.41) is 6.35. The number of pyridine rings is 1. The lowest BCUT2D eigenvalue weighted by Crippen LogP contribution is -2.28. The summed E-state index contributed by atoms with van der Waals surface area (Å²) >= 11 is 1.61. The van der Waals surface area contributed by atoms with E-state index in [9.17, 15) is 0 Å². The number of hydrogen-bond acceptors (Lipinski definition) is 6. The summed E-state index contributed by atoms with van der Waals surface area (Å²) in [4.78, 5) is 8.81. The van der Waals surface area contributed by atoms with Crippen molar-refractivity contribution in [2.75, 3.05) is 17.7 Å². The van der Waals surface area contributed by atoms with Crippen LogP contribution in [0.3, 0.4) is 0 Å². The SMILES string of the molecule is CC(C)COc1nc(NC(C)(C)c2nccs2)ccc1N. The van der Waals surface area contributed by atoms with Crippen molar-refractivity contribution in [1.29, 1.82) is 0 Å². The van der Waals surface area contributed by atoms with Gasteiger partial charge in [0.15, 0.2) is 0 Å². The first-order valence-electron chi connectivity index (χ1n) is 6.96. The average molecular weight is 306 g/mol. The Morgan fingerprint density at radius 2 is 2.14 bits per heavy atom. The fraction of sp³-hybridized carbons (Fsp3) is 0.467. The van der Waals surface area contributed by atoms with Gasteiger partial charge in [0.1, 0.15) is 10.8 Å². The molecule has 0 saturated carbocycles. The highest BCUT2D eigenvalue weighted by atomic mass is 32.1. The van der Waals surface area contributed by atoms with Crippen LogP contribution in [-0.2, 0) is 5.54 Å². The first-order chi connectivity index (χ1) is 9.88. The molecule has 21 heavy (non-hydrogen) atoms. The molecule has 2 aromatic rings. The lowest BCUT2D eigenvalue weighted by atomic mass is 10.1. The smallest absolute Gasteiger partial charge is 0.239 e. The molecule has 0 spiro atoms. The predicted molar refractivity (Wildman–Crippen MR) is 87.7 cm³/mol. The molecular formula is C15H22N4OS. The molecule has 0 bridgehead atoms. The number of aromatic nitrogens is 2. The largest absolute Gasteiger partial charge is 0.476 e. The van der Waals surface area contributed by atoms with E-state index in [0.717, 1.165) is 10.8 Å². The molecule has 2 rings (SSSR count). The molecule has 114 valence electrons. The molecule has 5 nitrogen and oxygen atoms in total. The number of thiazole rings is 1. The van der Waals surface area contributed by atoms with Crippen LogP contribution in [0.2, 0.25) is 0 Å². The summed E-state index contributed by atoms with van der Waals surface area (Å²) in [5.41, 5.74) is 6.16. The molecule has 0 aliphatic rings. The highest BCUT2D eigenvalue weighted by Gasteiger charge is 2.23. The Bertz CT molecular complexity index is 581. The van der Waals surface area contributed by atoms with Crippen molar-refractivity contribution in [3.63, 3.8) is 0 Å². The fourth-order valence-corrected chi connectivity index (χ4v) is 2.51. The molecule has 0 fully saturated rings. The van der Waals surface area contributed by atoms with Crippen LogP contribution in [0, 0.1) is 5.92 Å². The van der Waals surface area contributed by atoms with Crippen molar-refractivity contribution in [3.8, 4) is 5.88 Å². The maximum atomic E-state index is 5.91. The van der Waals surface area contributed by atoms with E-state index in [0.29, 0.717) is 24.1 Å². The zero-order valence-corrected chi connectivity index (χ0v) is 13.7. The third kappa shape index (κ3) is 4.07. The molecule has 0 aliphatic heterocycles. The van der Waals surface area contributed by atoms with Crippen LogP contribution in [0.1, 0.15) is 32.7 Å². The van der Waals surface area contributed by atoms with Crippen LogP contribution in [0.4, 0.5) is 11.5 Å². The second-order valence-corrected chi connectivity index (χ2v) is 6.78. The van der Waals surface area contributed by atoms with Crippen molar-refractivity contribution >= 4 is 22.8 Å². The van der Waals surface area contributed by atoms with Gasteiger partial charge in [0.25, 0.3) is 0 Å². The van der Waals surface area contributed by atoms with Crippen LogP contribution in [0.5, 0.6) is 5.88 Å². The molecule has 3 N–H and O–H groups in total. The van der Waals surface area contributed by atoms with E-state index < -0.39 is 0 Å². The minimum atomic E-state index is -0.299. The van der Waals surface area contributed by atoms with Crippen LogP contribution in [0.25, 0.3) is 0 Å². The van der Waals surface area contributed by atoms with Crippen LogP contribution in [-0.4, -0.2) is 16.6 Å². The van der Waals surface area contributed by atoms with Crippen LogP contribution >= 0.6 is 11.3 Å². The standard InChI is InChI=1S/C15H22N4OS/c1-10(2)9-20-13-11(16)5-6-12(18-13)19-15(3,4)14-17-7-8-21-14/h5-8,10H,9,16H2,1-4H3,(H,18,19). The number of nitrogens with two attached hydrogens (primary N) is 1. The van der Waals surface area contributed by atoms with Gasteiger partial charge in [-0.25, -0.2) is 4.98 Å². The third-order valence-corrected chi connectivity index (χ3v) is 3.95. The number of nitrogens with zero attached hydrogens (tertiary/aromatic N) is 2. The average Bonchev–Trinajstić information content (AvgIpc) is 2.93. The summed E-state index contributed by atoms with van der Waals surface area (Å²) in [6.07, 6.45) is 1.80. The Hall–Kier alpha value is -1.82. The minimum Gasteiger partial charge on any atom is -0.476 e. The Labute approximate surface area is 129 Å². The molecular weight excluding hydrogens is 284 g/mol. The molecule has 0 radical (unpaired) electrons. The molecule has 2 aromatic heterocycles. The third-order valence-electron chi connectivity index (χ3n) is 2.85. The first-order valence-corrected chi connectivity index (χ1v) is 7.84. The Morgan fingerprint density at radius 3 is 2.76 bits per heavy atom. The lowest BCUT2D eigenvalue weighted by Gasteiger charge is -2.25. The van der Waals surface area contributed by atoms with Crippen LogP contribution < -0.4 is 15.8 Å². The first kappa shape index (κ1) is 15.6. The summed E-state index contributed by atoms with van der Waals surface area (Å²) in [6, 6.07) is 3.66. The Morgan fingerprint density at radius 1 is 1.38 bits per heavy atom. The topological polar surface area (TPSA) is 73.1 Å². The molecule has 0 unspecified atom stereocenters. The summed E-state index contributed by atoms with van der Waals surface area (Å²) < 4.78 is 5.65. The molecule has 6 heteroatoms. The summed E-state index contributed by atoms with van der Waals surface area (Å²) in [6.45, 7) is 8.90. The number of anilines is 2. The number of hydrogen-bond donors (Lipinski definition) is 2. The van der Waals surface area contributed by atoms with E-state index in [2.05, 4.69) is 43.0 Å². The predicted octanol–water partition coefficient (Wildman–Crippen LogP) is 3.50. The molecule has 2 heterocycles. The van der Waals surface area contributed by atoms with Crippen molar-refractivity contribution < 1.29 is 4.74 Å². The zero-order chi connectivity index (χ0) is 15.5. The van der Waals surface area contributed by atoms with Crippen molar-refractivity contribution in [1.82, 2.24) is 9.97 Å². The van der Waals surface area contributed by atoms with E-state index >= 15 is 0 Å². The zero-order valence-electron chi connectivity index (χ0n) is 12.9. The normalized spacial score (nSPS) is 11.7. The van der Waals surface area contributed by atoms with Gasteiger partial charge >= 0.3 is 0 Å². The van der Waals surface area contributed by atoms with Crippen molar-refractivity contribution in [2.45, 2.75) is 33.2 Å². The monoisotopic (exact) mass is 306 g/mol. The van der Waals surface area contributed by atoms with E-state index in [1.165, 1.54) is 0 Å². The lowest BCUT2D eigenvalue weighted by molar-refractivity contribution is 0.263. The maximum Gasteiger partial charge on any atom is 0.239 e. The van der Waals surface area contributed by atoms with Gasteiger partial charge in [0.2, 0.25) is 5.88 Å². The number of nitrogens with one attached hydrogen (secondary N) is 1. The summed E-state index contributed by atoms with van der Waals surface area (Å²) in [5.74, 6) is 1.63.